The summed E-state index contributed by atoms with van der Waals surface area (Å²) in [4.78, 5) is 23.3. The van der Waals surface area contributed by atoms with E-state index in [9.17, 15) is 22.8 Å². The summed E-state index contributed by atoms with van der Waals surface area (Å²) in [6.45, 7) is -0.140. The lowest BCUT2D eigenvalue weighted by Crippen LogP contribution is -2.36. The van der Waals surface area contributed by atoms with Gasteiger partial charge in [-0.3, -0.25) is 9.59 Å². The van der Waals surface area contributed by atoms with Crippen molar-refractivity contribution in [3.63, 3.8) is 0 Å². The van der Waals surface area contributed by atoms with Crippen molar-refractivity contribution in [1.82, 2.24) is 10.6 Å². The molecule has 2 N–H and O–H groups in total. The molecule has 0 fully saturated rings. The molecule has 0 atom stereocenters. The van der Waals surface area contributed by atoms with Crippen molar-refractivity contribution < 1.29 is 22.8 Å². The lowest BCUT2D eigenvalue weighted by atomic mass is 10.2. The monoisotopic (exact) mass is 322 g/mol. The van der Waals surface area contributed by atoms with E-state index in [0.29, 0.717) is 5.56 Å². The molecule has 2 aromatic carbocycles. The van der Waals surface area contributed by atoms with Gasteiger partial charge < -0.3 is 10.6 Å². The summed E-state index contributed by atoms with van der Waals surface area (Å²) < 4.78 is 38.5. The summed E-state index contributed by atoms with van der Waals surface area (Å²) in [5.41, 5.74) is 0.613. The van der Waals surface area contributed by atoms with Crippen LogP contribution in [0, 0.1) is 17.5 Å². The molecule has 7 heteroatoms. The maximum Gasteiger partial charge on any atom is 0.251 e. The molecule has 0 radical (unpaired) electrons. The minimum absolute atomic E-state index is 0.0877. The number of nitrogens with one attached hydrogen (secondary N) is 2. The van der Waals surface area contributed by atoms with Gasteiger partial charge in [0.1, 0.15) is 5.82 Å². The molecule has 2 aromatic rings. The summed E-state index contributed by atoms with van der Waals surface area (Å²) in [7, 11) is 0. The Bertz CT molecular complexity index is 718. The van der Waals surface area contributed by atoms with Crippen molar-refractivity contribution in [2.24, 2.45) is 0 Å². The molecular weight excluding hydrogens is 309 g/mol. The highest BCUT2D eigenvalue weighted by molar-refractivity contribution is 5.96. The van der Waals surface area contributed by atoms with Crippen molar-refractivity contribution in [3.05, 3.63) is 71.0 Å². The van der Waals surface area contributed by atoms with Gasteiger partial charge in [0.15, 0.2) is 11.6 Å². The number of amides is 2. The molecule has 0 spiro atoms. The molecule has 0 unspecified atom stereocenters. The van der Waals surface area contributed by atoms with Crippen LogP contribution in [0.4, 0.5) is 13.2 Å². The van der Waals surface area contributed by atoms with Crippen molar-refractivity contribution >= 4 is 11.8 Å². The third-order valence-electron chi connectivity index (χ3n) is 2.99. The molecular formula is C16H13F3N2O2. The second-order valence-electron chi connectivity index (χ2n) is 4.71. The molecule has 0 aliphatic carbocycles. The Morgan fingerprint density at radius 2 is 1.57 bits per heavy atom. The summed E-state index contributed by atoms with van der Waals surface area (Å²) in [6, 6.07) is 8.29. The summed E-state index contributed by atoms with van der Waals surface area (Å²) in [6.07, 6.45) is 0. The van der Waals surface area contributed by atoms with Crippen LogP contribution in [-0.4, -0.2) is 18.4 Å². The van der Waals surface area contributed by atoms with Crippen LogP contribution < -0.4 is 10.6 Å². The summed E-state index contributed by atoms with van der Waals surface area (Å²) in [5.74, 6) is -3.73. The van der Waals surface area contributed by atoms with E-state index in [1.165, 1.54) is 24.3 Å². The van der Waals surface area contributed by atoms with Crippen LogP contribution in [0.3, 0.4) is 0 Å². The second-order valence-corrected chi connectivity index (χ2v) is 4.71. The lowest BCUT2D eigenvalue weighted by molar-refractivity contribution is -0.120. The van der Waals surface area contributed by atoms with E-state index in [0.717, 1.165) is 18.2 Å². The van der Waals surface area contributed by atoms with Gasteiger partial charge in [-0.05, 0) is 35.9 Å². The Hall–Kier alpha value is -2.83. The van der Waals surface area contributed by atoms with Crippen molar-refractivity contribution in [2.45, 2.75) is 6.54 Å². The fourth-order valence-corrected chi connectivity index (χ4v) is 1.77. The zero-order valence-corrected chi connectivity index (χ0v) is 11.9. The summed E-state index contributed by atoms with van der Waals surface area (Å²) >= 11 is 0. The molecule has 0 bridgehead atoms. The molecule has 2 amide bonds. The van der Waals surface area contributed by atoms with E-state index in [4.69, 9.17) is 0 Å². The Balaban J connectivity index is 1.80. The van der Waals surface area contributed by atoms with E-state index in [1.54, 1.807) is 0 Å². The van der Waals surface area contributed by atoms with E-state index in [2.05, 4.69) is 10.6 Å². The zero-order valence-electron chi connectivity index (χ0n) is 11.9. The number of carbonyl (C=O) groups excluding carboxylic acids is 2. The average molecular weight is 322 g/mol. The first kappa shape index (κ1) is 16.5. The SMILES string of the molecule is O=C(CNC(=O)c1ccc(F)c(F)c1)NCc1ccc(F)cc1. The van der Waals surface area contributed by atoms with Crippen molar-refractivity contribution in [1.29, 1.82) is 0 Å². The highest BCUT2D eigenvalue weighted by Crippen LogP contribution is 2.08. The Kier molecular flexibility index (Phi) is 5.35. The minimum Gasteiger partial charge on any atom is -0.350 e. The van der Waals surface area contributed by atoms with Gasteiger partial charge in [0.2, 0.25) is 5.91 Å². The fraction of sp³-hybridized carbons (Fsp3) is 0.125. The number of hydrogen-bond acceptors (Lipinski definition) is 2. The predicted octanol–water partition coefficient (Wildman–Crippen LogP) is 2.15. The highest BCUT2D eigenvalue weighted by atomic mass is 19.2. The van der Waals surface area contributed by atoms with Gasteiger partial charge in [0.25, 0.3) is 5.91 Å². The van der Waals surface area contributed by atoms with Gasteiger partial charge in [-0.25, -0.2) is 13.2 Å². The molecule has 4 nitrogen and oxygen atoms in total. The third kappa shape index (κ3) is 4.84. The van der Waals surface area contributed by atoms with Gasteiger partial charge in [0, 0.05) is 12.1 Å². The Morgan fingerprint density at radius 3 is 2.22 bits per heavy atom. The molecule has 0 aliphatic heterocycles. The molecule has 0 saturated carbocycles. The van der Waals surface area contributed by atoms with Crippen LogP contribution in [0.25, 0.3) is 0 Å². The van der Waals surface area contributed by atoms with E-state index < -0.39 is 23.4 Å². The molecule has 120 valence electrons. The number of rotatable bonds is 5. The number of benzene rings is 2. The van der Waals surface area contributed by atoms with Gasteiger partial charge in [0.05, 0.1) is 6.54 Å². The third-order valence-corrected chi connectivity index (χ3v) is 2.99. The van der Waals surface area contributed by atoms with Gasteiger partial charge in [-0.2, -0.15) is 0 Å². The minimum atomic E-state index is -1.14. The first-order valence-corrected chi connectivity index (χ1v) is 6.70. The smallest absolute Gasteiger partial charge is 0.251 e. The predicted molar refractivity (Wildman–Crippen MR) is 76.9 cm³/mol. The number of carbonyl (C=O) groups is 2. The molecule has 0 aromatic heterocycles. The molecule has 0 saturated heterocycles. The second kappa shape index (κ2) is 7.44. The van der Waals surface area contributed by atoms with Crippen LogP contribution in [0.15, 0.2) is 42.5 Å². The van der Waals surface area contributed by atoms with E-state index >= 15 is 0 Å². The van der Waals surface area contributed by atoms with Crippen LogP contribution in [0.5, 0.6) is 0 Å². The van der Waals surface area contributed by atoms with Crippen LogP contribution in [-0.2, 0) is 11.3 Å². The van der Waals surface area contributed by atoms with E-state index in [-0.39, 0.29) is 24.5 Å². The largest absolute Gasteiger partial charge is 0.350 e. The van der Waals surface area contributed by atoms with Crippen molar-refractivity contribution in [2.75, 3.05) is 6.54 Å². The number of hydrogen-bond donors (Lipinski definition) is 2. The van der Waals surface area contributed by atoms with Gasteiger partial charge in [-0.15, -0.1) is 0 Å². The van der Waals surface area contributed by atoms with Crippen LogP contribution in [0.1, 0.15) is 15.9 Å². The fourth-order valence-electron chi connectivity index (χ4n) is 1.77. The first-order chi connectivity index (χ1) is 11.0. The van der Waals surface area contributed by atoms with E-state index in [1.807, 2.05) is 0 Å². The topological polar surface area (TPSA) is 58.2 Å². The standard InChI is InChI=1S/C16H13F3N2O2/c17-12-4-1-10(2-5-12)8-20-15(22)9-21-16(23)11-3-6-13(18)14(19)7-11/h1-7H,8-9H2,(H,20,22)(H,21,23). The van der Waals surface area contributed by atoms with Crippen molar-refractivity contribution in [3.8, 4) is 0 Å². The molecule has 2 rings (SSSR count). The maximum absolute atomic E-state index is 13.0. The Morgan fingerprint density at radius 1 is 0.870 bits per heavy atom. The quantitative estimate of drug-likeness (QED) is 0.886. The van der Waals surface area contributed by atoms with Crippen LogP contribution in [0.2, 0.25) is 0 Å². The van der Waals surface area contributed by atoms with Crippen LogP contribution >= 0.6 is 0 Å². The first-order valence-electron chi connectivity index (χ1n) is 6.70. The molecule has 0 aliphatic rings. The normalized spacial score (nSPS) is 10.2. The van der Waals surface area contributed by atoms with Gasteiger partial charge in [-0.1, -0.05) is 12.1 Å². The maximum atomic E-state index is 13.0. The van der Waals surface area contributed by atoms with Gasteiger partial charge >= 0.3 is 0 Å². The molecule has 0 heterocycles. The number of halogens is 3. The highest BCUT2D eigenvalue weighted by Gasteiger charge is 2.11. The Labute approximate surface area is 130 Å². The molecule has 23 heavy (non-hydrogen) atoms. The average Bonchev–Trinajstić information content (AvgIpc) is 2.54. The zero-order chi connectivity index (χ0) is 16.8. The lowest BCUT2D eigenvalue weighted by Gasteiger charge is -2.07. The summed E-state index contributed by atoms with van der Waals surface area (Å²) in [5, 5.41) is 4.83.